The summed E-state index contributed by atoms with van der Waals surface area (Å²) < 4.78 is 31.7. The summed E-state index contributed by atoms with van der Waals surface area (Å²) in [6.07, 6.45) is 12.0. The molecule has 0 aromatic rings. The fraction of sp³-hybridized carbons (Fsp3) is 1.00. The van der Waals surface area contributed by atoms with Crippen LogP contribution in [0.5, 0.6) is 0 Å². The molecule has 0 bridgehead atoms. The molecule has 1 aliphatic heterocycles. The molecule has 0 aromatic carbocycles. The van der Waals surface area contributed by atoms with Gasteiger partial charge in [0.1, 0.15) is 6.10 Å². The topological polar surface area (TPSA) is 97.3 Å². The first-order chi connectivity index (χ1) is 12.9. The summed E-state index contributed by atoms with van der Waals surface area (Å²) in [6, 6.07) is 0. The van der Waals surface area contributed by atoms with Crippen molar-refractivity contribution in [1.82, 2.24) is 0 Å². The van der Waals surface area contributed by atoms with Gasteiger partial charge in [-0.15, -0.1) is 0 Å². The van der Waals surface area contributed by atoms with Crippen molar-refractivity contribution >= 4 is 7.60 Å². The molecule has 1 heterocycles. The highest BCUT2D eigenvalue weighted by Gasteiger charge is 2.37. The number of hydrogen-bond donors (Lipinski definition) is 1. The molecular formula is C19H38O7P-. The Morgan fingerprint density at radius 1 is 1.11 bits per heavy atom. The molecule has 1 rings (SSSR count). The molecule has 7 nitrogen and oxygen atoms in total. The first-order valence-corrected chi connectivity index (χ1v) is 12.2. The van der Waals surface area contributed by atoms with Crippen LogP contribution in [-0.2, 0) is 23.5 Å². The summed E-state index contributed by atoms with van der Waals surface area (Å²) >= 11 is 0. The Bertz CT molecular complexity index is 421. The fourth-order valence-corrected chi connectivity index (χ4v) is 3.90. The van der Waals surface area contributed by atoms with Crippen LogP contribution in [0.2, 0.25) is 0 Å². The number of rotatable bonds is 17. The quantitative estimate of drug-likeness (QED) is 0.168. The lowest BCUT2D eigenvalue weighted by Crippen LogP contribution is -2.28. The maximum absolute atomic E-state index is 11.2. The van der Waals surface area contributed by atoms with E-state index in [2.05, 4.69) is 11.6 Å². The highest BCUT2D eigenvalue weighted by atomic mass is 31.2. The predicted molar refractivity (Wildman–Crippen MR) is 102 cm³/mol. The third-order valence-electron chi connectivity index (χ3n) is 4.87. The highest BCUT2D eigenvalue weighted by Crippen LogP contribution is 2.41. The fourth-order valence-electron chi connectivity index (χ4n) is 3.27. The van der Waals surface area contributed by atoms with Crippen LogP contribution in [0.1, 0.15) is 84.5 Å². The van der Waals surface area contributed by atoms with E-state index in [-0.39, 0.29) is 12.3 Å². The minimum absolute atomic E-state index is 0.120. The Morgan fingerprint density at radius 3 is 2.37 bits per heavy atom. The van der Waals surface area contributed by atoms with E-state index in [9.17, 15) is 9.82 Å². The average Bonchev–Trinajstić information content (AvgIpc) is 3.00. The summed E-state index contributed by atoms with van der Waals surface area (Å²) in [5.41, 5.74) is 0. The molecule has 1 N–H and O–H groups in total. The van der Waals surface area contributed by atoms with Crippen molar-refractivity contribution in [3.63, 3.8) is 0 Å². The van der Waals surface area contributed by atoms with E-state index in [1.807, 2.05) is 0 Å². The third kappa shape index (κ3) is 12.2. The summed E-state index contributed by atoms with van der Waals surface area (Å²) in [5.74, 6) is -0.797. The van der Waals surface area contributed by atoms with Crippen molar-refractivity contribution in [3.8, 4) is 0 Å². The zero-order chi connectivity index (χ0) is 20.0. The number of ether oxygens (including phenoxy) is 3. The SMILES string of the molecule is CCCCCCCCCCCOCC1COC(C)(CCCP(=O)(O)O[O-])O1. The standard InChI is InChI=1S/C19H39O7P/c1-3-4-5-6-7-8-9-10-11-14-23-16-18-17-24-19(2,25-18)13-12-15-27(21,22)26-20/h18,20H,3-17H2,1-2H3,(H,21,22)/p-1. The van der Waals surface area contributed by atoms with Crippen molar-refractivity contribution in [2.24, 2.45) is 0 Å². The first-order valence-electron chi connectivity index (χ1n) is 10.4. The second-order valence-corrected chi connectivity index (χ2v) is 9.50. The van der Waals surface area contributed by atoms with Gasteiger partial charge in [0.25, 0.3) is 0 Å². The lowest BCUT2D eigenvalue weighted by atomic mass is 10.1. The van der Waals surface area contributed by atoms with Crippen LogP contribution in [-0.4, -0.2) is 42.8 Å². The van der Waals surface area contributed by atoms with Gasteiger partial charge in [-0.3, -0.25) is 4.57 Å². The molecule has 0 aromatic heterocycles. The third-order valence-corrected chi connectivity index (χ3v) is 5.99. The van der Waals surface area contributed by atoms with E-state index in [0.717, 1.165) is 13.0 Å². The van der Waals surface area contributed by atoms with E-state index < -0.39 is 13.4 Å². The van der Waals surface area contributed by atoms with Gasteiger partial charge in [0.2, 0.25) is 0 Å². The first kappa shape index (κ1) is 25.0. The Hall–Kier alpha value is -0.0100. The highest BCUT2D eigenvalue weighted by molar-refractivity contribution is 7.52. The van der Waals surface area contributed by atoms with Gasteiger partial charge in [-0.1, -0.05) is 58.3 Å². The van der Waals surface area contributed by atoms with Crippen LogP contribution in [0.15, 0.2) is 0 Å². The molecular weight excluding hydrogens is 371 g/mol. The van der Waals surface area contributed by atoms with E-state index in [1.165, 1.54) is 51.4 Å². The molecule has 0 amide bonds. The molecule has 1 aliphatic rings. The van der Waals surface area contributed by atoms with E-state index in [4.69, 9.17) is 19.1 Å². The van der Waals surface area contributed by atoms with Crippen molar-refractivity contribution in [2.45, 2.75) is 96.4 Å². The summed E-state index contributed by atoms with van der Waals surface area (Å²) in [6.45, 7) is 5.72. The molecule has 0 aliphatic carbocycles. The Balaban J connectivity index is 1.97. The Morgan fingerprint density at radius 2 is 1.74 bits per heavy atom. The molecule has 0 radical (unpaired) electrons. The normalized spacial score (nSPS) is 25.0. The minimum Gasteiger partial charge on any atom is -0.716 e. The lowest BCUT2D eigenvalue weighted by molar-refractivity contribution is -0.640. The lowest BCUT2D eigenvalue weighted by Gasteiger charge is -2.24. The Labute approximate surface area is 164 Å². The molecule has 162 valence electrons. The summed E-state index contributed by atoms with van der Waals surface area (Å²) in [4.78, 5) is 9.12. The van der Waals surface area contributed by atoms with Gasteiger partial charge in [-0.2, -0.15) is 0 Å². The average molecular weight is 409 g/mol. The van der Waals surface area contributed by atoms with E-state index in [0.29, 0.717) is 26.1 Å². The van der Waals surface area contributed by atoms with Crippen LogP contribution >= 0.6 is 7.60 Å². The molecule has 0 spiro atoms. The zero-order valence-electron chi connectivity index (χ0n) is 17.0. The van der Waals surface area contributed by atoms with Gasteiger partial charge >= 0.3 is 7.60 Å². The number of unbranched alkanes of at least 4 members (excludes halogenated alkanes) is 8. The van der Waals surface area contributed by atoms with Crippen LogP contribution < -0.4 is 5.26 Å². The molecule has 1 saturated heterocycles. The molecule has 0 saturated carbocycles. The van der Waals surface area contributed by atoms with Crippen LogP contribution in [0, 0.1) is 0 Å². The molecule has 3 unspecified atom stereocenters. The van der Waals surface area contributed by atoms with Crippen molar-refractivity contribution in [1.29, 1.82) is 0 Å². The molecule has 1 fully saturated rings. The maximum Gasteiger partial charge on any atom is 0.319 e. The molecule has 27 heavy (non-hydrogen) atoms. The van der Waals surface area contributed by atoms with Crippen molar-refractivity contribution in [3.05, 3.63) is 0 Å². The monoisotopic (exact) mass is 409 g/mol. The van der Waals surface area contributed by atoms with Crippen LogP contribution in [0.3, 0.4) is 0 Å². The van der Waals surface area contributed by atoms with Gasteiger partial charge in [0, 0.05) is 19.2 Å². The predicted octanol–water partition coefficient (Wildman–Crippen LogP) is 3.92. The zero-order valence-corrected chi connectivity index (χ0v) is 17.9. The second kappa shape index (κ2) is 14.0. The minimum atomic E-state index is -4.01. The summed E-state index contributed by atoms with van der Waals surface area (Å²) in [7, 11) is -4.01. The van der Waals surface area contributed by atoms with Gasteiger partial charge < -0.3 is 29.0 Å². The van der Waals surface area contributed by atoms with Gasteiger partial charge in [0.15, 0.2) is 5.79 Å². The van der Waals surface area contributed by atoms with E-state index >= 15 is 0 Å². The van der Waals surface area contributed by atoms with Gasteiger partial charge in [-0.05, 0) is 19.8 Å². The Kier molecular flexibility index (Phi) is 13.0. The maximum atomic E-state index is 11.2. The van der Waals surface area contributed by atoms with E-state index in [1.54, 1.807) is 6.92 Å². The second-order valence-electron chi connectivity index (χ2n) is 7.63. The van der Waals surface area contributed by atoms with Crippen LogP contribution in [0.25, 0.3) is 0 Å². The molecule has 8 heteroatoms. The van der Waals surface area contributed by atoms with Gasteiger partial charge in [-0.25, -0.2) is 0 Å². The van der Waals surface area contributed by atoms with Gasteiger partial charge in [0.05, 0.1) is 13.2 Å². The largest absolute Gasteiger partial charge is 0.716 e. The summed E-state index contributed by atoms with van der Waals surface area (Å²) in [5, 5.41) is 10.1. The smallest absolute Gasteiger partial charge is 0.319 e. The van der Waals surface area contributed by atoms with Crippen molar-refractivity contribution in [2.75, 3.05) is 26.0 Å². The number of hydrogen-bond acceptors (Lipinski definition) is 6. The van der Waals surface area contributed by atoms with Crippen molar-refractivity contribution < 1.29 is 33.6 Å². The van der Waals surface area contributed by atoms with Crippen LogP contribution in [0.4, 0.5) is 0 Å². The molecule has 3 atom stereocenters.